The Bertz CT molecular complexity index is 804. The second kappa shape index (κ2) is 4.45. The quantitative estimate of drug-likeness (QED) is 0.527. The second-order valence-electron chi connectivity index (χ2n) is 4.77. The normalized spacial score (nSPS) is 10.9. The first-order chi connectivity index (χ1) is 9.58. The van der Waals surface area contributed by atoms with E-state index < -0.39 is 0 Å². The molecule has 1 heterocycles. The fraction of sp³-hybridized carbons (Fsp3) is 0.133. The van der Waals surface area contributed by atoms with Crippen molar-refractivity contribution in [2.75, 3.05) is 0 Å². The number of hydrogen-bond donors (Lipinski definition) is 0. The van der Waals surface area contributed by atoms with E-state index in [1.165, 1.54) is 6.07 Å². The van der Waals surface area contributed by atoms with Gasteiger partial charge in [0.15, 0.2) is 0 Å². The van der Waals surface area contributed by atoms with Gasteiger partial charge in [0, 0.05) is 18.7 Å². The van der Waals surface area contributed by atoms with Crippen LogP contribution in [0.25, 0.3) is 22.2 Å². The molecule has 1 aromatic heterocycles. The lowest BCUT2D eigenvalue weighted by atomic mass is 10.1. The molecule has 0 amide bonds. The molecule has 3 aromatic rings. The van der Waals surface area contributed by atoms with Gasteiger partial charge in [0.25, 0.3) is 5.69 Å². The molecule has 0 saturated carbocycles. The minimum Gasteiger partial charge on any atom is -0.267 e. The second-order valence-corrected chi connectivity index (χ2v) is 4.77. The number of benzene rings is 2. The van der Waals surface area contributed by atoms with E-state index in [0.717, 1.165) is 16.6 Å². The molecular formula is C15H13N3O2. The summed E-state index contributed by atoms with van der Waals surface area (Å²) >= 11 is 0. The first-order valence-corrected chi connectivity index (χ1v) is 6.25. The highest BCUT2D eigenvalue weighted by Crippen LogP contribution is 2.34. The number of aromatic nitrogens is 2. The average Bonchev–Trinajstić information content (AvgIpc) is 2.77. The first-order valence-electron chi connectivity index (χ1n) is 6.25. The van der Waals surface area contributed by atoms with Crippen molar-refractivity contribution in [1.29, 1.82) is 0 Å². The van der Waals surface area contributed by atoms with Gasteiger partial charge in [-0.3, -0.25) is 14.8 Å². The largest absolute Gasteiger partial charge is 0.281 e. The zero-order chi connectivity index (χ0) is 14.3. The summed E-state index contributed by atoms with van der Waals surface area (Å²) in [6, 6.07) is 12.9. The van der Waals surface area contributed by atoms with Crippen LogP contribution in [0.1, 0.15) is 5.56 Å². The van der Waals surface area contributed by atoms with Crippen LogP contribution in [0, 0.1) is 17.0 Å². The molecule has 0 fully saturated rings. The van der Waals surface area contributed by atoms with Crippen LogP contribution in [0.5, 0.6) is 0 Å². The van der Waals surface area contributed by atoms with Gasteiger partial charge in [-0.25, -0.2) is 0 Å². The molecule has 0 radical (unpaired) electrons. The molecule has 0 N–H and O–H groups in total. The van der Waals surface area contributed by atoms with Crippen LogP contribution < -0.4 is 0 Å². The SMILES string of the molecule is Cc1ccc(-c2nn(C)c3cccc([N+](=O)[O-])c23)cc1. The van der Waals surface area contributed by atoms with Crippen molar-refractivity contribution in [3.05, 3.63) is 58.1 Å². The van der Waals surface area contributed by atoms with E-state index in [9.17, 15) is 10.1 Å². The first kappa shape index (κ1) is 12.3. The number of nitro groups is 1. The van der Waals surface area contributed by atoms with Crippen molar-refractivity contribution in [2.45, 2.75) is 6.92 Å². The number of non-ortho nitro benzene ring substituents is 1. The Hall–Kier alpha value is -2.69. The van der Waals surface area contributed by atoms with Gasteiger partial charge in [-0.1, -0.05) is 35.9 Å². The summed E-state index contributed by atoms with van der Waals surface area (Å²) in [6.45, 7) is 2.00. The highest BCUT2D eigenvalue weighted by atomic mass is 16.6. The topological polar surface area (TPSA) is 61.0 Å². The molecule has 0 saturated heterocycles. The molecule has 0 spiro atoms. The fourth-order valence-electron chi connectivity index (χ4n) is 2.36. The number of hydrogen-bond acceptors (Lipinski definition) is 3. The molecule has 0 bridgehead atoms. The van der Waals surface area contributed by atoms with Gasteiger partial charge in [-0.15, -0.1) is 0 Å². The highest BCUT2D eigenvalue weighted by Gasteiger charge is 2.20. The average molecular weight is 267 g/mol. The monoisotopic (exact) mass is 267 g/mol. The molecule has 0 aliphatic carbocycles. The van der Waals surface area contributed by atoms with Gasteiger partial charge in [0.1, 0.15) is 11.1 Å². The zero-order valence-electron chi connectivity index (χ0n) is 11.2. The van der Waals surface area contributed by atoms with Crippen LogP contribution in [0.3, 0.4) is 0 Å². The Balaban J connectivity index is 2.36. The Morgan fingerprint density at radius 3 is 2.50 bits per heavy atom. The predicted octanol–water partition coefficient (Wildman–Crippen LogP) is 3.46. The van der Waals surface area contributed by atoms with Crippen LogP contribution in [0.4, 0.5) is 5.69 Å². The van der Waals surface area contributed by atoms with Crippen LogP contribution >= 0.6 is 0 Å². The van der Waals surface area contributed by atoms with Gasteiger partial charge in [0.05, 0.1) is 10.4 Å². The van der Waals surface area contributed by atoms with E-state index in [4.69, 9.17) is 0 Å². The van der Waals surface area contributed by atoms with E-state index in [2.05, 4.69) is 5.10 Å². The number of fused-ring (bicyclic) bond motifs is 1. The van der Waals surface area contributed by atoms with Crippen LogP contribution in [-0.2, 0) is 7.05 Å². The van der Waals surface area contributed by atoms with Crippen molar-refractivity contribution >= 4 is 16.6 Å². The van der Waals surface area contributed by atoms with E-state index in [1.807, 2.05) is 37.3 Å². The summed E-state index contributed by atoms with van der Waals surface area (Å²) in [7, 11) is 1.80. The van der Waals surface area contributed by atoms with Gasteiger partial charge < -0.3 is 0 Å². The molecule has 100 valence electrons. The predicted molar refractivity (Wildman–Crippen MR) is 77.5 cm³/mol. The third-order valence-corrected chi connectivity index (χ3v) is 3.38. The van der Waals surface area contributed by atoms with Crippen LogP contribution in [0.2, 0.25) is 0 Å². The number of nitrogens with zero attached hydrogens (tertiary/aromatic N) is 3. The minimum atomic E-state index is -0.359. The third-order valence-electron chi connectivity index (χ3n) is 3.38. The van der Waals surface area contributed by atoms with Crippen molar-refractivity contribution in [2.24, 2.45) is 7.05 Å². The standard InChI is InChI=1S/C15H13N3O2/c1-10-6-8-11(9-7-10)15-14-12(17(2)16-15)4-3-5-13(14)18(19)20/h3-9H,1-2H3. The third kappa shape index (κ3) is 1.84. The van der Waals surface area contributed by atoms with Crippen LogP contribution in [0.15, 0.2) is 42.5 Å². The summed E-state index contributed by atoms with van der Waals surface area (Å²) in [5.74, 6) is 0. The van der Waals surface area contributed by atoms with Gasteiger partial charge in [-0.05, 0) is 13.0 Å². The molecule has 2 aromatic carbocycles. The summed E-state index contributed by atoms with van der Waals surface area (Å²) < 4.78 is 1.68. The molecule has 3 rings (SSSR count). The van der Waals surface area contributed by atoms with Gasteiger partial charge in [-0.2, -0.15) is 5.10 Å². The Kier molecular flexibility index (Phi) is 2.75. The van der Waals surface area contributed by atoms with Crippen molar-refractivity contribution < 1.29 is 4.92 Å². The molecule has 0 unspecified atom stereocenters. The lowest BCUT2D eigenvalue weighted by Gasteiger charge is -1.99. The zero-order valence-corrected chi connectivity index (χ0v) is 11.2. The molecule has 20 heavy (non-hydrogen) atoms. The maximum absolute atomic E-state index is 11.2. The van der Waals surface area contributed by atoms with Gasteiger partial charge in [0.2, 0.25) is 0 Å². The van der Waals surface area contributed by atoms with Gasteiger partial charge >= 0.3 is 0 Å². The van der Waals surface area contributed by atoms with E-state index in [1.54, 1.807) is 17.8 Å². The summed E-state index contributed by atoms with van der Waals surface area (Å²) in [5, 5.41) is 16.3. The fourth-order valence-corrected chi connectivity index (χ4v) is 2.36. The number of rotatable bonds is 2. The molecule has 0 aliphatic heterocycles. The molecule has 5 heteroatoms. The summed E-state index contributed by atoms with van der Waals surface area (Å²) in [4.78, 5) is 10.9. The van der Waals surface area contributed by atoms with Crippen molar-refractivity contribution in [1.82, 2.24) is 9.78 Å². The Morgan fingerprint density at radius 1 is 1.15 bits per heavy atom. The Labute approximate surface area is 115 Å². The summed E-state index contributed by atoms with van der Waals surface area (Å²) in [5.41, 5.74) is 3.52. The maximum atomic E-state index is 11.2. The highest BCUT2D eigenvalue weighted by molar-refractivity contribution is 6.00. The number of nitro benzene ring substituents is 1. The van der Waals surface area contributed by atoms with E-state index in [-0.39, 0.29) is 10.6 Å². The summed E-state index contributed by atoms with van der Waals surface area (Å²) in [6.07, 6.45) is 0. The van der Waals surface area contributed by atoms with Crippen molar-refractivity contribution in [3.63, 3.8) is 0 Å². The molecule has 0 atom stereocenters. The Morgan fingerprint density at radius 2 is 1.85 bits per heavy atom. The van der Waals surface area contributed by atoms with E-state index >= 15 is 0 Å². The molecule has 5 nitrogen and oxygen atoms in total. The van der Waals surface area contributed by atoms with Crippen molar-refractivity contribution in [3.8, 4) is 11.3 Å². The lowest BCUT2D eigenvalue weighted by Crippen LogP contribution is -1.90. The lowest BCUT2D eigenvalue weighted by molar-refractivity contribution is -0.383. The number of aryl methyl sites for hydroxylation is 2. The van der Waals surface area contributed by atoms with E-state index in [0.29, 0.717) is 11.1 Å². The smallest absolute Gasteiger partial charge is 0.267 e. The molecule has 0 aliphatic rings. The molecular weight excluding hydrogens is 254 g/mol. The minimum absolute atomic E-state index is 0.0891. The maximum Gasteiger partial charge on any atom is 0.281 e. The van der Waals surface area contributed by atoms with Crippen LogP contribution in [-0.4, -0.2) is 14.7 Å².